The molecule has 0 aliphatic rings. The quantitative estimate of drug-likeness (QED) is 0.428. The van der Waals surface area contributed by atoms with E-state index in [4.69, 9.17) is 0 Å². The Bertz CT molecular complexity index is 8.00. The molecule has 4 heavy (non-hydrogen) atoms. The van der Waals surface area contributed by atoms with Crippen LogP contribution in [0.15, 0.2) is 0 Å². The number of hydrogen-bond acceptors (Lipinski definition) is 0. The van der Waals surface area contributed by atoms with Crippen molar-refractivity contribution in [2.45, 2.75) is 0 Å². The van der Waals surface area contributed by atoms with Gasteiger partial charge in [0.2, 0.25) is 0 Å². The summed E-state index contributed by atoms with van der Waals surface area (Å²) in [6, 6.07) is 0. The van der Waals surface area contributed by atoms with Crippen molar-refractivity contribution in [3.63, 3.8) is 0 Å². The average molecular weight is 405 g/mol. The molecule has 0 atom stereocenters. The standard InChI is InChI=1S/Ag.Na.Sr.W.3H. The van der Waals surface area contributed by atoms with Crippen LogP contribution in [-0.2, 0) is 43.4 Å². The van der Waals surface area contributed by atoms with Crippen LogP contribution in [0.1, 0.15) is 0 Å². The van der Waals surface area contributed by atoms with Gasteiger partial charge in [-0.15, -0.1) is 0 Å². The minimum absolute atomic E-state index is 0. The van der Waals surface area contributed by atoms with Crippen molar-refractivity contribution in [2.75, 3.05) is 0 Å². The van der Waals surface area contributed by atoms with E-state index in [9.17, 15) is 0 Å². The zero-order valence-corrected chi connectivity index (χ0v) is 5.13. The average Bonchev–Trinajstić information content (AvgIpc) is 0. The van der Waals surface area contributed by atoms with Crippen LogP contribution in [0.2, 0.25) is 0 Å². The van der Waals surface area contributed by atoms with Gasteiger partial charge >= 0.3 is 75.0 Å². The Balaban J connectivity index is 0. The van der Waals surface area contributed by atoms with Crippen LogP contribution < -0.4 is 0 Å². The minimum Gasteiger partial charge on any atom is 0 e. The van der Waals surface area contributed by atoms with E-state index in [2.05, 4.69) is 0 Å². The molecule has 0 aromatic carbocycles. The largest absolute Gasteiger partial charge is 0 e. The summed E-state index contributed by atoms with van der Waals surface area (Å²) in [4.78, 5) is 0. The molecular weight excluding hydrogens is 402 g/mol. The van der Waals surface area contributed by atoms with Gasteiger partial charge in [0.25, 0.3) is 0 Å². The molecule has 23 valence electrons. The third-order valence-electron chi connectivity index (χ3n) is 0. The monoisotopic (exact) mass is 405 g/mol. The molecule has 0 spiro atoms. The van der Waals surface area contributed by atoms with Gasteiger partial charge < -0.3 is 0 Å². The van der Waals surface area contributed by atoms with Crippen molar-refractivity contribution in [1.82, 2.24) is 0 Å². The summed E-state index contributed by atoms with van der Waals surface area (Å²) in [7, 11) is 0. The van der Waals surface area contributed by atoms with Gasteiger partial charge in [-0.2, -0.15) is 0 Å². The molecule has 0 saturated carbocycles. The molecule has 0 amide bonds. The fourth-order valence-corrected chi connectivity index (χ4v) is 0. The van der Waals surface area contributed by atoms with E-state index in [1.54, 1.807) is 0 Å². The molecule has 0 bridgehead atoms. The SMILES string of the molecule is [Ag].[NaH].[SrH2].[W]. The molecule has 4 heteroatoms. The second-order valence-corrected chi connectivity index (χ2v) is 0. The molecule has 0 aromatic heterocycles. The zero-order valence-electron chi connectivity index (χ0n) is 0.710. The fraction of sp³-hybridized carbons (Fsp3) is 0. The van der Waals surface area contributed by atoms with Crippen LogP contribution in [0.4, 0.5) is 0 Å². The van der Waals surface area contributed by atoms with E-state index in [-0.39, 0.29) is 118 Å². The third-order valence-corrected chi connectivity index (χ3v) is 0. The summed E-state index contributed by atoms with van der Waals surface area (Å²) in [5.41, 5.74) is 0. The normalized spacial score (nSPS) is 0. The molecule has 0 fully saturated rings. The van der Waals surface area contributed by atoms with Crippen LogP contribution >= 0.6 is 0 Å². The summed E-state index contributed by atoms with van der Waals surface area (Å²) in [6.07, 6.45) is 0. The molecule has 0 unspecified atom stereocenters. The summed E-state index contributed by atoms with van der Waals surface area (Å²) >= 11 is 0. The first kappa shape index (κ1) is 24.7. The van der Waals surface area contributed by atoms with Crippen molar-refractivity contribution < 1.29 is 43.4 Å². The molecule has 0 nitrogen and oxygen atoms in total. The predicted octanol–water partition coefficient (Wildman–Crippen LogP) is -1.57. The van der Waals surface area contributed by atoms with Gasteiger partial charge in [-0.05, 0) is 0 Å². The molecule has 0 rings (SSSR count). The Morgan fingerprint density at radius 3 is 1.00 bits per heavy atom. The summed E-state index contributed by atoms with van der Waals surface area (Å²) in [6.45, 7) is 0. The van der Waals surface area contributed by atoms with Gasteiger partial charge in [-0.25, -0.2) is 0 Å². The summed E-state index contributed by atoms with van der Waals surface area (Å²) in [5.74, 6) is 0. The Hall–Kier alpha value is 3.91. The Labute approximate surface area is 115 Å². The van der Waals surface area contributed by atoms with Gasteiger partial charge in [0.15, 0.2) is 0 Å². The molecule has 0 N–H and O–H groups in total. The third kappa shape index (κ3) is 9.32. The summed E-state index contributed by atoms with van der Waals surface area (Å²) < 4.78 is 0. The van der Waals surface area contributed by atoms with Gasteiger partial charge in [-0.3, -0.25) is 0 Å². The predicted molar refractivity (Wildman–Crippen MR) is 15.7 cm³/mol. The van der Waals surface area contributed by atoms with Crippen LogP contribution in [0.3, 0.4) is 0 Å². The van der Waals surface area contributed by atoms with E-state index in [1.807, 2.05) is 0 Å². The molecule has 0 aliphatic carbocycles. The van der Waals surface area contributed by atoms with Gasteiger partial charge in [-0.1, -0.05) is 0 Å². The van der Waals surface area contributed by atoms with Crippen molar-refractivity contribution in [3.05, 3.63) is 0 Å². The first-order valence-electron chi connectivity index (χ1n) is 0. The first-order valence-corrected chi connectivity index (χ1v) is 0. The second kappa shape index (κ2) is 15.8. The smallest absolute Gasteiger partial charge is 0 e. The van der Waals surface area contributed by atoms with Gasteiger partial charge in [0, 0.05) is 43.4 Å². The zero-order chi connectivity index (χ0) is 0. The van der Waals surface area contributed by atoms with Crippen LogP contribution in [0, 0.1) is 0 Å². The molecule has 0 aliphatic heterocycles. The maximum Gasteiger partial charge on any atom is 0 e. The van der Waals surface area contributed by atoms with Crippen LogP contribution in [0.25, 0.3) is 0 Å². The molecule has 0 saturated heterocycles. The number of hydrogen-bond donors (Lipinski definition) is 0. The Morgan fingerprint density at radius 1 is 1.00 bits per heavy atom. The van der Waals surface area contributed by atoms with Gasteiger partial charge in [0.05, 0.1) is 0 Å². The van der Waals surface area contributed by atoms with Crippen molar-refractivity contribution in [2.24, 2.45) is 0 Å². The fourth-order valence-electron chi connectivity index (χ4n) is 0. The minimum atomic E-state index is 0. The van der Waals surface area contributed by atoms with Crippen LogP contribution in [-0.4, -0.2) is 75.0 Å². The van der Waals surface area contributed by atoms with Crippen molar-refractivity contribution in [1.29, 1.82) is 0 Å². The van der Waals surface area contributed by atoms with E-state index in [1.165, 1.54) is 0 Å². The van der Waals surface area contributed by atoms with E-state index in [0.717, 1.165) is 0 Å². The summed E-state index contributed by atoms with van der Waals surface area (Å²) in [5, 5.41) is 0. The molecule has 1 radical (unpaired) electrons. The second-order valence-electron chi connectivity index (χ2n) is 0. The maximum atomic E-state index is 0. The topological polar surface area (TPSA) is 0 Å². The van der Waals surface area contributed by atoms with E-state index < -0.39 is 0 Å². The molecule has 0 aromatic rings. The van der Waals surface area contributed by atoms with E-state index in [0.29, 0.717) is 0 Å². The Kier molecular flexibility index (Phi) is 97.5. The Morgan fingerprint density at radius 2 is 1.00 bits per heavy atom. The molecule has 0 heterocycles. The molecular formula is H3AgNaSrW. The maximum absolute atomic E-state index is 0. The number of rotatable bonds is 0. The van der Waals surface area contributed by atoms with E-state index >= 15 is 0 Å². The van der Waals surface area contributed by atoms with Crippen LogP contribution in [0.5, 0.6) is 0 Å². The van der Waals surface area contributed by atoms with Gasteiger partial charge in [0.1, 0.15) is 0 Å². The van der Waals surface area contributed by atoms with Crippen molar-refractivity contribution >= 4 is 75.0 Å². The first-order chi connectivity index (χ1) is 0. The van der Waals surface area contributed by atoms with Crippen molar-refractivity contribution in [3.8, 4) is 0 Å².